The summed E-state index contributed by atoms with van der Waals surface area (Å²) in [6.07, 6.45) is 4.23. The van der Waals surface area contributed by atoms with Crippen LogP contribution in [0.1, 0.15) is 109 Å². The van der Waals surface area contributed by atoms with Crippen LogP contribution in [0.4, 0.5) is 5.69 Å². The van der Waals surface area contributed by atoms with Gasteiger partial charge >= 0.3 is 17.6 Å². The number of fused-ring (bicyclic) bond motifs is 10. The molecule has 0 amide bonds. The number of benzene rings is 1. The topological polar surface area (TPSA) is 202 Å². The maximum absolute atomic E-state index is 14.2. The lowest BCUT2D eigenvalue weighted by Gasteiger charge is -2.58. The van der Waals surface area contributed by atoms with Crippen molar-refractivity contribution >= 4 is 45.9 Å². The van der Waals surface area contributed by atoms with Crippen molar-refractivity contribution in [3.63, 3.8) is 0 Å². The monoisotopic (exact) mass is 793 g/mol. The summed E-state index contributed by atoms with van der Waals surface area (Å²) >= 11 is 0. The number of aliphatic hydroxyl groups is 1. The molecule has 3 aromatic rings. The standard InChI is InChI=1S/C44H47N3O11/c1-5-44(54)29-17-32-38-22(19-46(32)40(52)26(29)20-57-41(44)53)14-25-31(45-38)9-10-34(39(25)47(55)56)58-36(51)11-6-21(2)27-7-8-28-37-30(18-35(50)43(27,28)4)42(3)13-12-24(48)15-23(42)16-33(37)49/h9-10,14,17,21,23,27-28,30,37,54H,5-8,11-13,15-16,18-20H2,1-4H3/t21-,23?,27?,28?,30?,37?,42+,43-,44+/m1/s1. The lowest BCUT2D eigenvalue weighted by atomic mass is 9.44. The molecule has 1 aromatic carbocycles. The largest absolute Gasteiger partial charge is 0.458 e. The lowest BCUT2D eigenvalue weighted by Crippen LogP contribution is -2.60. The van der Waals surface area contributed by atoms with Crippen LogP contribution in [0, 0.1) is 56.5 Å². The van der Waals surface area contributed by atoms with Crippen LogP contribution in [0.25, 0.3) is 22.3 Å². The van der Waals surface area contributed by atoms with Crippen LogP contribution in [-0.2, 0) is 47.5 Å². The van der Waals surface area contributed by atoms with Crippen LogP contribution in [0.5, 0.6) is 5.75 Å². The number of esters is 2. The number of ether oxygens (including phenoxy) is 2. The SMILES string of the molecule is CC[C@@]1(O)C(=O)OCc2c1cc1n(c2=O)Cc2cc3c([N+](=O)[O-])c(OC(=O)CC[C@@H](C)C4CCC5C6C(=O)CC7CC(=O)CC[C@]7(C)C6CC(=O)[C@@]54C)ccc3nc2-1. The van der Waals surface area contributed by atoms with Gasteiger partial charge in [0.05, 0.1) is 39.3 Å². The van der Waals surface area contributed by atoms with E-state index in [-0.39, 0.29) is 112 Å². The normalized spacial score (nSPS) is 32.7. The zero-order valence-electron chi connectivity index (χ0n) is 33.1. The average molecular weight is 794 g/mol. The Morgan fingerprint density at radius 2 is 1.88 bits per heavy atom. The molecule has 2 aliphatic heterocycles. The van der Waals surface area contributed by atoms with Crippen molar-refractivity contribution in [3.05, 3.63) is 61.4 Å². The first kappa shape index (κ1) is 38.4. The van der Waals surface area contributed by atoms with Crippen molar-refractivity contribution in [1.82, 2.24) is 9.55 Å². The zero-order chi connectivity index (χ0) is 41.2. The zero-order valence-corrected chi connectivity index (χ0v) is 33.1. The fourth-order valence-corrected chi connectivity index (χ4v) is 12.4. The summed E-state index contributed by atoms with van der Waals surface area (Å²) in [7, 11) is 0. The van der Waals surface area contributed by atoms with Gasteiger partial charge in [-0.05, 0) is 91.4 Å². The number of nitrogens with zero attached hydrogens (tertiary/aromatic N) is 3. The molecule has 4 saturated carbocycles. The predicted octanol–water partition coefficient (Wildman–Crippen LogP) is 5.90. The van der Waals surface area contributed by atoms with Crippen molar-refractivity contribution in [2.45, 2.75) is 111 Å². The van der Waals surface area contributed by atoms with E-state index in [1.807, 2.05) is 13.8 Å². The summed E-state index contributed by atoms with van der Waals surface area (Å²) in [4.78, 5) is 96.5. The van der Waals surface area contributed by atoms with Crippen molar-refractivity contribution in [2.75, 3.05) is 0 Å². The molecule has 9 rings (SSSR count). The minimum atomic E-state index is -2.00. The Balaban J connectivity index is 0.927. The van der Waals surface area contributed by atoms with Gasteiger partial charge in [-0.25, -0.2) is 9.78 Å². The van der Waals surface area contributed by atoms with Gasteiger partial charge in [0.15, 0.2) is 5.60 Å². The first-order valence-corrected chi connectivity index (χ1v) is 20.6. The highest BCUT2D eigenvalue weighted by Gasteiger charge is 2.66. The number of ketones is 3. The second-order valence-corrected chi connectivity index (χ2v) is 18.3. The van der Waals surface area contributed by atoms with Gasteiger partial charge in [0.25, 0.3) is 5.56 Å². The van der Waals surface area contributed by atoms with Gasteiger partial charge in [0.2, 0.25) is 5.75 Å². The van der Waals surface area contributed by atoms with Gasteiger partial charge in [-0.2, -0.15) is 0 Å². The van der Waals surface area contributed by atoms with Crippen molar-refractivity contribution in [1.29, 1.82) is 0 Å². The average Bonchev–Trinajstić information content (AvgIpc) is 3.73. The van der Waals surface area contributed by atoms with Gasteiger partial charge in [-0.3, -0.25) is 34.1 Å². The second kappa shape index (κ2) is 13.2. The Hall–Kier alpha value is -5.11. The van der Waals surface area contributed by atoms with Gasteiger partial charge in [0.1, 0.15) is 24.0 Å². The first-order valence-electron chi connectivity index (χ1n) is 20.6. The molecule has 4 heterocycles. The van der Waals surface area contributed by atoms with Crippen LogP contribution < -0.4 is 10.3 Å². The van der Waals surface area contributed by atoms with Gasteiger partial charge in [0, 0.05) is 54.6 Å². The smallest absolute Gasteiger partial charge is 0.343 e. The Kier molecular flexibility index (Phi) is 8.74. The first-order chi connectivity index (χ1) is 27.5. The molecule has 1 N–H and O–H groups in total. The Morgan fingerprint density at radius 1 is 1.10 bits per heavy atom. The molecule has 14 nitrogen and oxygen atoms in total. The number of carbonyl (C=O) groups excluding carboxylic acids is 5. The summed E-state index contributed by atoms with van der Waals surface area (Å²) in [5.41, 5.74) is -2.02. The summed E-state index contributed by atoms with van der Waals surface area (Å²) in [5, 5.41) is 23.8. The van der Waals surface area contributed by atoms with E-state index in [1.165, 1.54) is 16.7 Å². The molecule has 9 atom stereocenters. The van der Waals surface area contributed by atoms with E-state index >= 15 is 0 Å². The number of nitro groups is 1. The number of nitro benzene ring substituents is 1. The minimum absolute atomic E-state index is 0.0000458. The minimum Gasteiger partial charge on any atom is -0.458 e. The Morgan fingerprint density at radius 3 is 2.62 bits per heavy atom. The van der Waals surface area contributed by atoms with Gasteiger partial charge in [-0.1, -0.05) is 27.7 Å². The number of hydrogen-bond donors (Lipinski definition) is 1. The maximum atomic E-state index is 14.2. The fraction of sp³-hybridized carbons (Fsp3) is 0.568. The van der Waals surface area contributed by atoms with Gasteiger partial charge < -0.3 is 19.1 Å². The number of pyridine rings is 2. The number of Topliss-reactive ketones (excluding diaryl/α,β-unsaturated/α-hetero) is 3. The van der Waals surface area contributed by atoms with E-state index < -0.39 is 39.1 Å². The van der Waals surface area contributed by atoms with Crippen LogP contribution in [-0.4, -0.2) is 48.9 Å². The molecule has 4 aliphatic carbocycles. The van der Waals surface area contributed by atoms with Crippen LogP contribution in [0.2, 0.25) is 0 Å². The van der Waals surface area contributed by atoms with Crippen molar-refractivity contribution in [2.24, 2.45) is 46.3 Å². The Bertz CT molecular complexity index is 2460. The number of carbonyl (C=O) groups is 5. The molecule has 0 radical (unpaired) electrons. The maximum Gasteiger partial charge on any atom is 0.343 e. The number of cyclic esters (lactones) is 1. The predicted molar refractivity (Wildman–Crippen MR) is 206 cm³/mol. The molecule has 0 bridgehead atoms. The third kappa shape index (κ3) is 5.35. The fourth-order valence-electron chi connectivity index (χ4n) is 12.4. The highest BCUT2D eigenvalue weighted by atomic mass is 16.6. The number of rotatable bonds is 7. The molecule has 6 aliphatic rings. The van der Waals surface area contributed by atoms with E-state index in [9.17, 15) is 44.0 Å². The van der Waals surface area contributed by atoms with Crippen LogP contribution in [0.3, 0.4) is 0 Å². The summed E-state index contributed by atoms with van der Waals surface area (Å²) in [6, 6.07) is 5.96. The molecular weight excluding hydrogens is 746 g/mol. The van der Waals surface area contributed by atoms with Crippen LogP contribution >= 0.6 is 0 Å². The summed E-state index contributed by atoms with van der Waals surface area (Å²) in [5.74, 6) is -1.61. The quantitative estimate of drug-likeness (QED) is 0.101. The van der Waals surface area contributed by atoms with E-state index in [4.69, 9.17) is 9.47 Å². The Labute approximate surface area is 333 Å². The molecule has 58 heavy (non-hydrogen) atoms. The molecule has 304 valence electrons. The third-order valence-corrected chi connectivity index (χ3v) is 15.7. The number of aromatic nitrogens is 2. The summed E-state index contributed by atoms with van der Waals surface area (Å²) < 4.78 is 12.3. The van der Waals surface area contributed by atoms with E-state index in [1.54, 1.807) is 19.1 Å². The van der Waals surface area contributed by atoms with E-state index in [2.05, 4.69) is 11.9 Å². The second-order valence-electron chi connectivity index (χ2n) is 18.3. The summed E-state index contributed by atoms with van der Waals surface area (Å²) in [6.45, 7) is 7.59. The molecule has 14 heteroatoms. The van der Waals surface area contributed by atoms with Crippen LogP contribution in [0.15, 0.2) is 29.1 Å². The highest BCUT2D eigenvalue weighted by molar-refractivity contribution is 5.95. The lowest BCUT2D eigenvalue weighted by molar-refractivity contribution is -0.383. The van der Waals surface area contributed by atoms with E-state index in [0.717, 1.165) is 19.3 Å². The van der Waals surface area contributed by atoms with Crippen molar-refractivity contribution in [3.8, 4) is 17.1 Å². The third-order valence-electron chi connectivity index (χ3n) is 15.7. The molecule has 5 unspecified atom stereocenters. The van der Waals surface area contributed by atoms with Gasteiger partial charge in [-0.15, -0.1) is 0 Å². The van der Waals surface area contributed by atoms with E-state index in [0.29, 0.717) is 49.1 Å². The highest BCUT2D eigenvalue weighted by Crippen LogP contribution is 2.66. The van der Waals surface area contributed by atoms with Crippen molar-refractivity contribution < 1.29 is 43.5 Å². The molecule has 0 saturated heterocycles. The molecule has 0 spiro atoms. The molecular formula is C44H47N3O11. The molecule has 4 fully saturated rings. The number of hydrogen-bond acceptors (Lipinski definition) is 12. The molecule has 2 aromatic heterocycles.